The molecule has 1 aliphatic heterocycles. The van der Waals surface area contributed by atoms with E-state index in [0.29, 0.717) is 17.9 Å². The van der Waals surface area contributed by atoms with E-state index in [4.69, 9.17) is 9.47 Å². The second-order valence-corrected chi connectivity index (χ2v) is 12.8. The van der Waals surface area contributed by atoms with Gasteiger partial charge in [-0.1, -0.05) is 138 Å². The van der Waals surface area contributed by atoms with Gasteiger partial charge in [0.1, 0.15) is 11.5 Å². The minimum atomic E-state index is -0.305. The minimum Gasteiger partial charge on any atom is -0.494 e. The standard InChI is InChI=1S/C43H53NO5/c45-41(37-20-16-15-17-21-37)31-24-36-22-27-39(28-23-36)48-34-18-13-11-9-7-5-3-1-2-4-6-8-10-12-14-19-35-49-40-29-25-38(26-30-40)44-42(46)32-33-43(44)47/h15-17,20-33H,1-14,18-19,34-35H2. The molecule has 2 amide bonds. The van der Waals surface area contributed by atoms with Crippen molar-refractivity contribution in [1.82, 2.24) is 0 Å². The average Bonchev–Trinajstić information content (AvgIpc) is 3.47. The molecule has 0 N–H and O–H groups in total. The fraction of sp³-hybridized carbons (Fsp3) is 0.419. The number of imide groups is 1. The molecule has 0 bridgehead atoms. The SMILES string of the molecule is O=C(C=Cc1ccc(OCCCCCCCCCCCCCCCCCCOc2ccc(N3C(=O)C=CC3=O)cc2)cc1)c1ccccc1. The van der Waals surface area contributed by atoms with Crippen molar-refractivity contribution in [2.75, 3.05) is 18.1 Å². The van der Waals surface area contributed by atoms with Crippen LogP contribution in [0.5, 0.6) is 11.5 Å². The molecule has 0 radical (unpaired) electrons. The summed E-state index contributed by atoms with van der Waals surface area (Å²) in [5, 5.41) is 0. The van der Waals surface area contributed by atoms with Gasteiger partial charge in [-0.3, -0.25) is 14.4 Å². The number of amides is 2. The Labute approximate surface area is 293 Å². The molecule has 4 rings (SSSR count). The topological polar surface area (TPSA) is 72.9 Å². The van der Waals surface area contributed by atoms with Crippen molar-refractivity contribution in [3.63, 3.8) is 0 Å². The predicted molar refractivity (Wildman–Crippen MR) is 199 cm³/mol. The number of anilines is 1. The summed E-state index contributed by atoms with van der Waals surface area (Å²) in [4.78, 5) is 36.9. The largest absolute Gasteiger partial charge is 0.494 e. The minimum absolute atomic E-state index is 0.00918. The van der Waals surface area contributed by atoms with Crippen LogP contribution in [0.3, 0.4) is 0 Å². The van der Waals surface area contributed by atoms with E-state index < -0.39 is 0 Å². The van der Waals surface area contributed by atoms with E-state index in [9.17, 15) is 14.4 Å². The van der Waals surface area contributed by atoms with Crippen molar-refractivity contribution >= 4 is 29.4 Å². The smallest absolute Gasteiger partial charge is 0.258 e. The fourth-order valence-electron chi connectivity index (χ4n) is 5.95. The average molecular weight is 664 g/mol. The zero-order chi connectivity index (χ0) is 34.4. The van der Waals surface area contributed by atoms with Crippen LogP contribution in [0.4, 0.5) is 5.69 Å². The maximum Gasteiger partial charge on any atom is 0.258 e. The van der Waals surface area contributed by atoms with Gasteiger partial charge in [0.15, 0.2) is 5.78 Å². The molecule has 260 valence electrons. The van der Waals surface area contributed by atoms with Crippen molar-refractivity contribution in [2.45, 2.75) is 103 Å². The van der Waals surface area contributed by atoms with Crippen molar-refractivity contribution < 1.29 is 23.9 Å². The molecule has 1 aliphatic rings. The molecule has 0 saturated heterocycles. The molecule has 6 nitrogen and oxygen atoms in total. The molecular formula is C43H53NO5. The molecule has 0 saturated carbocycles. The summed E-state index contributed by atoms with van der Waals surface area (Å²) in [6, 6.07) is 24.4. The molecule has 0 atom stereocenters. The van der Waals surface area contributed by atoms with Crippen molar-refractivity contribution in [1.29, 1.82) is 0 Å². The van der Waals surface area contributed by atoms with Crippen LogP contribution < -0.4 is 14.4 Å². The monoisotopic (exact) mass is 663 g/mol. The summed E-state index contributed by atoms with van der Waals surface area (Å²) in [6.45, 7) is 1.44. The molecule has 3 aromatic carbocycles. The Morgan fingerprint density at radius 1 is 0.510 bits per heavy atom. The molecule has 0 spiro atoms. The van der Waals surface area contributed by atoms with Crippen molar-refractivity contribution in [2.24, 2.45) is 0 Å². The number of nitrogens with zero attached hydrogens (tertiary/aromatic N) is 1. The van der Waals surface area contributed by atoms with Gasteiger partial charge in [0.25, 0.3) is 11.8 Å². The highest BCUT2D eigenvalue weighted by molar-refractivity contribution is 6.28. The predicted octanol–water partition coefficient (Wildman–Crippen LogP) is 10.7. The van der Waals surface area contributed by atoms with Gasteiger partial charge in [-0.15, -0.1) is 0 Å². The lowest BCUT2D eigenvalue weighted by atomic mass is 10.0. The lowest BCUT2D eigenvalue weighted by Gasteiger charge is -2.14. The van der Waals surface area contributed by atoms with Gasteiger partial charge >= 0.3 is 0 Å². The summed E-state index contributed by atoms with van der Waals surface area (Å²) >= 11 is 0. The van der Waals surface area contributed by atoms with Gasteiger partial charge in [-0.05, 0) is 60.9 Å². The third-order valence-electron chi connectivity index (χ3n) is 8.85. The highest BCUT2D eigenvalue weighted by Gasteiger charge is 2.24. The number of ether oxygens (including phenoxy) is 2. The number of unbranched alkanes of at least 4 members (excludes halogenated alkanes) is 15. The normalized spacial score (nSPS) is 12.7. The van der Waals surface area contributed by atoms with Gasteiger partial charge in [-0.25, -0.2) is 4.90 Å². The molecule has 0 aliphatic carbocycles. The first-order valence-corrected chi connectivity index (χ1v) is 18.4. The first kappa shape index (κ1) is 37.4. The van der Waals surface area contributed by atoms with Crippen LogP contribution in [0.25, 0.3) is 6.08 Å². The Hall–Kier alpha value is -4.45. The van der Waals surface area contributed by atoms with Crippen molar-refractivity contribution in [3.8, 4) is 11.5 Å². The highest BCUT2D eigenvalue weighted by Crippen LogP contribution is 2.23. The lowest BCUT2D eigenvalue weighted by Crippen LogP contribution is -2.29. The van der Waals surface area contributed by atoms with E-state index in [2.05, 4.69) is 0 Å². The number of allylic oxidation sites excluding steroid dienone is 1. The van der Waals surface area contributed by atoms with Crippen LogP contribution in [-0.2, 0) is 9.59 Å². The zero-order valence-electron chi connectivity index (χ0n) is 29.0. The molecule has 6 heteroatoms. The third-order valence-corrected chi connectivity index (χ3v) is 8.85. The number of rotatable bonds is 25. The zero-order valence-corrected chi connectivity index (χ0v) is 29.0. The summed E-state index contributed by atoms with van der Waals surface area (Å²) in [7, 11) is 0. The Bertz CT molecular complexity index is 1440. The van der Waals surface area contributed by atoms with Crippen LogP contribution in [0, 0.1) is 0 Å². The van der Waals surface area contributed by atoms with Crippen LogP contribution in [0.2, 0.25) is 0 Å². The lowest BCUT2D eigenvalue weighted by molar-refractivity contribution is -0.119. The van der Waals surface area contributed by atoms with Crippen LogP contribution in [0.15, 0.2) is 97.1 Å². The maximum atomic E-state index is 12.2. The molecule has 0 unspecified atom stereocenters. The quantitative estimate of drug-likeness (QED) is 0.0390. The molecule has 0 fully saturated rings. The van der Waals surface area contributed by atoms with E-state index >= 15 is 0 Å². The second-order valence-electron chi connectivity index (χ2n) is 12.8. The number of benzene rings is 3. The number of ketones is 1. The van der Waals surface area contributed by atoms with E-state index in [1.54, 1.807) is 18.2 Å². The van der Waals surface area contributed by atoms with E-state index in [0.717, 1.165) is 41.4 Å². The van der Waals surface area contributed by atoms with Crippen molar-refractivity contribution in [3.05, 3.63) is 108 Å². The maximum absolute atomic E-state index is 12.2. The molecule has 3 aromatic rings. The Morgan fingerprint density at radius 2 is 0.918 bits per heavy atom. The van der Waals surface area contributed by atoms with Gasteiger partial charge in [0.05, 0.1) is 18.9 Å². The third kappa shape index (κ3) is 14.3. The summed E-state index contributed by atoms with van der Waals surface area (Å²) in [5.74, 6) is 1.04. The van der Waals surface area contributed by atoms with E-state index in [1.807, 2.05) is 72.8 Å². The van der Waals surface area contributed by atoms with Crippen LogP contribution in [-0.4, -0.2) is 30.8 Å². The first-order valence-electron chi connectivity index (χ1n) is 18.4. The van der Waals surface area contributed by atoms with E-state index in [1.165, 1.54) is 102 Å². The number of carbonyl (C=O) groups is 3. The first-order chi connectivity index (χ1) is 24.1. The summed E-state index contributed by atoms with van der Waals surface area (Å²) in [6.07, 6.45) is 26.6. The Morgan fingerprint density at radius 3 is 1.37 bits per heavy atom. The van der Waals surface area contributed by atoms with Gasteiger partial charge in [0.2, 0.25) is 0 Å². The Balaban J connectivity index is 0.867. The molecule has 0 aromatic heterocycles. The number of hydrogen-bond donors (Lipinski definition) is 0. The van der Waals surface area contributed by atoms with Crippen LogP contribution >= 0.6 is 0 Å². The Kier molecular flexibility index (Phi) is 17.0. The summed E-state index contributed by atoms with van der Waals surface area (Å²) < 4.78 is 11.7. The molecule has 49 heavy (non-hydrogen) atoms. The molecular weight excluding hydrogens is 610 g/mol. The van der Waals surface area contributed by atoms with Gasteiger partial charge in [-0.2, -0.15) is 0 Å². The van der Waals surface area contributed by atoms with Gasteiger partial charge in [0, 0.05) is 17.7 Å². The molecule has 1 heterocycles. The number of carbonyl (C=O) groups excluding carboxylic acids is 3. The second kappa shape index (κ2) is 22.2. The highest BCUT2D eigenvalue weighted by atomic mass is 16.5. The van der Waals surface area contributed by atoms with E-state index in [-0.39, 0.29) is 17.6 Å². The summed E-state index contributed by atoms with van der Waals surface area (Å²) in [5.41, 5.74) is 2.26. The fourth-order valence-corrected chi connectivity index (χ4v) is 5.95. The van der Waals surface area contributed by atoms with Gasteiger partial charge < -0.3 is 9.47 Å². The number of hydrogen-bond acceptors (Lipinski definition) is 5. The van der Waals surface area contributed by atoms with Crippen LogP contribution in [0.1, 0.15) is 119 Å².